The molecule has 39 heavy (non-hydrogen) atoms. The van der Waals surface area contributed by atoms with Crippen LogP contribution < -0.4 is 5.32 Å². The quantitative estimate of drug-likeness (QED) is 0.584. The summed E-state index contributed by atoms with van der Waals surface area (Å²) in [7, 11) is 2.23. The van der Waals surface area contributed by atoms with E-state index in [9.17, 15) is 0 Å². The minimum Gasteiger partial charge on any atom is -0.370 e. The number of nitrogens with one attached hydrogen (secondary N) is 1. The second-order valence-corrected chi connectivity index (χ2v) is 13.3. The molecule has 0 radical (unpaired) electrons. The van der Waals surface area contributed by atoms with Gasteiger partial charge in [0.15, 0.2) is 0 Å². The fourth-order valence-electron chi connectivity index (χ4n) is 7.86. The molecule has 208 valence electrons. The SMILES string of the molecule is CC1=CC(N2CCN(C)CC2)=CC(N2Cc3cc(C4=CC=C(C5(N6CCC6)CC5)C(C)C4)ccc3CC2C)N1. The Balaban J connectivity index is 1.11. The number of fused-ring (bicyclic) bond motifs is 1. The number of allylic oxidation sites excluding steroid dienone is 5. The van der Waals surface area contributed by atoms with Gasteiger partial charge in [0, 0.05) is 68.8 Å². The van der Waals surface area contributed by atoms with Crippen LogP contribution in [0.2, 0.25) is 0 Å². The van der Waals surface area contributed by atoms with Crippen LogP contribution in [0, 0.1) is 5.92 Å². The van der Waals surface area contributed by atoms with Crippen molar-refractivity contribution in [2.75, 3.05) is 46.3 Å². The predicted octanol–water partition coefficient (Wildman–Crippen LogP) is 4.99. The molecule has 3 fully saturated rings. The van der Waals surface area contributed by atoms with E-state index >= 15 is 0 Å². The van der Waals surface area contributed by atoms with E-state index in [2.05, 4.69) is 95.2 Å². The zero-order chi connectivity index (χ0) is 26.7. The molecule has 0 spiro atoms. The Morgan fingerprint density at radius 1 is 0.923 bits per heavy atom. The first-order valence-electron chi connectivity index (χ1n) is 15.5. The molecular formula is C34H47N5. The number of rotatable bonds is 5. The molecule has 4 heterocycles. The number of likely N-dealkylation sites (tertiary alicyclic amines) is 1. The fraction of sp³-hybridized carbons (Fsp3) is 0.588. The van der Waals surface area contributed by atoms with Crippen molar-refractivity contribution in [2.45, 2.75) is 77.2 Å². The largest absolute Gasteiger partial charge is 0.370 e. The molecule has 1 aromatic carbocycles. The van der Waals surface area contributed by atoms with Crippen LogP contribution in [0.3, 0.4) is 0 Å². The summed E-state index contributed by atoms with van der Waals surface area (Å²) in [6.07, 6.45) is 16.4. The second-order valence-electron chi connectivity index (χ2n) is 13.3. The summed E-state index contributed by atoms with van der Waals surface area (Å²) in [5, 5.41) is 3.80. The molecule has 5 heteroatoms. The number of nitrogens with zero attached hydrogens (tertiary/aromatic N) is 4. The molecule has 3 unspecified atom stereocenters. The maximum atomic E-state index is 3.80. The number of piperazine rings is 1. The topological polar surface area (TPSA) is 25.0 Å². The van der Waals surface area contributed by atoms with Gasteiger partial charge in [-0.2, -0.15) is 0 Å². The Kier molecular flexibility index (Phi) is 6.53. The zero-order valence-electron chi connectivity index (χ0n) is 24.5. The summed E-state index contributed by atoms with van der Waals surface area (Å²) in [5.74, 6) is 0.639. The van der Waals surface area contributed by atoms with Crippen LogP contribution in [0.15, 0.2) is 59.5 Å². The van der Waals surface area contributed by atoms with Crippen LogP contribution in [-0.2, 0) is 13.0 Å². The van der Waals surface area contributed by atoms with E-state index in [0.717, 1.165) is 39.1 Å². The van der Waals surface area contributed by atoms with E-state index in [1.807, 2.05) is 0 Å². The Labute approximate surface area is 235 Å². The van der Waals surface area contributed by atoms with Gasteiger partial charge in [0.25, 0.3) is 0 Å². The molecular weight excluding hydrogens is 478 g/mol. The lowest BCUT2D eigenvalue weighted by Gasteiger charge is -2.43. The van der Waals surface area contributed by atoms with Gasteiger partial charge in [-0.15, -0.1) is 0 Å². The number of benzene rings is 1. The van der Waals surface area contributed by atoms with Crippen LogP contribution in [0.5, 0.6) is 0 Å². The third-order valence-corrected chi connectivity index (χ3v) is 10.5. The smallest absolute Gasteiger partial charge is 0.101 e. The first kappa shape index (κ1) is 25.6. The zero-order valence-corrected chi connectivity index (χ0v) is 24.5. The van der Waals surface area contributed by atoms with Crippen LogP contribution in [0.4, 0.5) is 0 Å². The average Bonchev–Trinajstić information content (AvgIpc) is 3.68. The summed E-state index contributed by atoms with van der Waals surface area (Å²) < 4.78 is 0. The van der Waals surface area contributed by atoms with Gasteiger partial charge in [-0.05, 0) is 105 Å². The van der Waals surface area contributed by atoms with Crippen LogP contribution >= 0.6 is 0 Å². The Morgan fingerprint density at radius 3 is 2.41 bits per heavy atom. The monoisotopic (exact) mass is 525 g/mol. The third-order valence-electron chi connectivity index (χ3n) is 10.5. The summed E-state index contributed by atoms with van der Waals surface area (Å²) in [4.78, 5) is 10.4. The molecule has 4 aliphatic heterocycles. The van der Waals surface area contributed by atoms with E-state index in [1.54, 1.807) is 5.57 Å². The summed E-state index contributed by atoms with van der Waals surface area (Å²) in [6.45, 7) is 15.2. The Bertz CT molecular complexity index is 1240. The summed E-state index contributed by atoms with van der Waals surface area (Å²) in [6, 6.07) is 7.85. The molecule has 2 aliphatic carbocycles. The van der Waals surface area contributed by atoms with Crippen LogP contribution in [0.1, 0.15) is 63.1 Å². The average molecular weight is 526 g/mol. The van der Waals surface area contributed by atoms with E-state index in [4.69, 9.17) is 0 Å². The molecule has 7 rings (SSSR count). The molecule has 1 aromatic rings. The van der Waals surface area contributed by atoms with Crippen molar-refractivity contribution < 1.29 is 0 Å². The number of dihydropyridines is 1. The highest BCUT2D eigenvalue weighted by Gasteiger charge is 2.53. The van der Waals surface area contributed by atoms with Gasteiger partial charge < -0.3 is 15.1 Å². The Morgan fingerprint density at radius 2 is 1.72 bits per heavy atom. The number of hydrogen-bond acceptors (Lipinski definition) is 5. The van der Waals surface area contributed by atoms with Crippen LogP contribution in [-0.4, -0.2) is 83.7 Å². The van der Waals surface area contributed by atoms with Crippen molar-refractivity contribution in [3.8, 4) is 0 Å². The van der Waals surface area contributed by atoms with Crippen molar-refractivity contribution in [3.63, 3.8) is 0 Å². The molecule has 0 bridgehead atoms. The molecule has 3 atom stereocenters. The fourth-order valence-corrected chi connectivity index (χ4v) is 7.86. The van der Waals surface area contributed by atoms with Crippen molar-refractivity contribution in [1.29, 1.82) is 0 Å². The lowest BCUT2D eigenvalue weighted by molar-refractivity contribution is 0.116. The maximum absolute atomic E-state index is 3.80. The number of hydrogen-bond donors (Lipinski definition) is 1. The molecule has 0 aromatic heterocycles. The summed E-state index contributed by atoms with van der Waals surface area (Å²) >= 11 is 0. The standard InChI is InChI=1S/C34H47N5/c1-24-18-27(8-9-32(24)34(10-11-34)38-12-5-13-38)29-7-6-28-20-26(3)39(23-30(28)21-29)33-22-31(19-25(2)35-33)37-16-14-36(4)15-17-37/h6-9,19,21-22,24,26,33,35H,5,10-18,20,23H2,1-4H3. The Hall–Kier alpha value is -2.34. The predicted molar refractivity (Wildman–Crippen MR) is 161 cm³/mol. The highest BCUT2D eigenvalue weighted by molar-refractivity contribution is 5.71. The van der Waals surface area contributed by atoms with Crippen molar-refractivity contribution in [2.24, 2.45) is 5.92 Å². The van der Waals surface area contributed by atoms with Gasteiger partial charge in [-0.25, -0.2) is 0 Å². The van der Waals surface area contributed by atoms with Gasteiger partial charge in [0.1, 0.15) is 6.17 Å². The van der Waals surface area contributed by atoms with Gasteiger partial charge in [-0.3, -0.25) is 9.80 Å². The molecule has 6 aliphatic rings. The van der Waals surface area contributed by atoms with Crippen LogP contribution in [0.25, 0.3) is 5.57 Å². The lowest BCUT2D eigenvalue weighted by Crippen LogP contribution is -2.52. The van der Waals surface area contributed by atoms with Gasteiger partial charge in [0.05, 0.1) is 0 Å². The maximum Gasteiger partial charge on any atom is 0.101 e. The van der Waals surface area contributed by atoms with Gasteiger partial charge in [0.2, 0.25) is 0 Å². The van der Waals surface area contributed by atoms with Crippen molar-refractivity contribution in [1.82, 2.24) is 24.9 Å². The molecule has 1 N–H and O–H groups in total. The lowest BCUT2D eigenvalue weighted by atomic mass is 9.79. The molecule has 1 saturated carbocycles. The highest BCUT2D eigenvalue weighted by Crippen LogP contribution is 2.54. The summed E-state index contributed by atoms with van der Waals surface area (Å²) in [5.41, 5.74) is 10.8. The van der Waals surface area contributed by atoms with Crippen molar-refractivity contribution in [3.05, 3.63) is 76.2 Å². The molecule has 5 nitrogen and oxygen atoms in total. The van der Waals surface area contributed by atoms with Gasteiger partial charge >= 0.3 is 0 Å². The minimum absolute atomic E-state index is 0.243. The third kappa shape index (κ3) is 4.71. The van der Waals surface area contributed by atoms with E-state index in [1.165, 1.54) is 72.4 Å². The highest BCUT2D eigenvalue weighted by atomic mass is 15.3. The van der Waals surface area contributed by atoms with Gasteiger partial charge in [-0.1, -0.05) is 31.2 Å². The number of likely N-dealkylation sites (N-methyl/N-ethyl adjacent to an activating group) is 1. The van der Waals surface area contributed by atoms with E-state index in [-0.39, 0.29) is 6.17 Å². The minimum atomic E-state index is 0.243. The van der Waals surface area contributed by atoms with E-state index in [0.29, 0.717) is 17.5 Å². The van der Waals surface area contributed by atoms with E-state index < -0.39 is 0 Å². The molecule has 0 amide bonds. The van der Waals surface area contributed by atoms with Crippen molar-refractivity contribution >= 4 is 5.57 Å². The normalized spacial score (nSPS) is 31.3. The first-order chi connectivity index (χ1) is 18.9. The molecule has 2 saturated heterocycles. The first-order valence-corrected chi connectivity index (χ1v) is 15.5. The second kappa shape index (κ2) is 9.94.